The molecule has 1 aromatic heterocycles. The normalized spacial score (nSPS) is 11.5. The van der Waals surface area contributed by atoms with Crippen molar-refractivity contribution in [2.75, 3.05) is 37.0 Å². The molecule has 0 bridgehead atoms. The Morgan fingerprint density at radius 1 is 1.23 bits per heavy atom. The van der Waals surface area contributed by atoms with Gasteiger partial charge in [-0.3, -0.25) is 4.79 Å². The number of aromatic nitrogens is 3. The lowest BCUT2D eigenvalue weighted by Crippen LogP contribution is -2.46. The van der Waals surface area contributed by atoms with Gasteiger partial charge in [0.15, 0.2) is 6.19 Å². The van der Waals surface area contributed by atoms with E-state index < -0.39 is 6.04 Å². The van der Waals surface area contributed by atoms with Gasteiger partial charge in [-0.15, -0.1) is 0 Å². The van der Waals surface area contributed by atoms with E-state index in [2.05, 4.69) is 15.0 Å². The highest BCUT2D eigenvalue weighted by Crippen LogP contribution is 2.17. The minimum absolute atomic E-state index is 0.0311. The quantitative estimate of drug-likeness (QED) is 0.572. The van der Waals surface area contributed by atoms with Crippen molar-refractivity contribution < 1.29 is 4.79 Å². The van der Waals surface area contributed by atoms with Crippen LogP contribution in [0, 0.1) is 11.5 Å². The van der Waals surface area contributed by atoms with Crippen LogP contribution in [0.25, 0.3) is 0 Å². The fourth-order valence-corrected chi connectivity index (χ4v) is 2.00. The molecule has 22 heavy (non-hydrogen) atoms. The van der Waals surface area contributed by atoms with E-state index in [0.29, 0.717) is 19.0 Å². The van der Waals surface area contributed by atoms with E-state index in [4.69, 9.17) is 11.6 Å². The SMILES string of the molecule is CCN(CC)C(=O)[C@@H](C)N(C#N)c1nc(Cl)nc(N(C)C)n1. The van der Waals surface area contributed by atoms with Crippen molar-refractivity contribution in [1.82, 2.24) is 19.9 Å². The van der Waals surface area contributed by atoms with Crippen molar-refractivity contribution in [2.45, 2.75) is 26.8 Å². The van der Waals surface area contributed by atoms with Gasteiger partial charge in [-0.25, -0.2) is 4.90 Å². The molecule has 1 atom stereocenters. The Hall–Kier alpha value is -2.14. The first-order valence-corrected chi connectivity index (χ1v) is 7.30. The zero-order chi connectivity index (χ0) is 16.9. The molecular weight excluding hydrogens is 306 g/mol. The number of nitriles is 1. The van der Waals surface area contributed by atoms with Crippen molar-refractivity contribution in [3.8, 4) is 6.19 Å². The third kappa shape index (κ3) is 3.95. The number of carbonyl (C=O) groups is 1. The van der Waals surface area contributed by atoms with Crippen molar-refractivity contribution in [1.29, 1.82) is 5.26 Å². The van der Waals surface area contributed by atoms with Crippen LogP contribution < -0.4 is 9.80 Å². The van der Waals surface area contributed by atoms with E-state index in [9.17, 15) is 10.1 Å². The van der Waals surface area contributed by atoms with Crippen LogP contribution in [0.2, 0.25) is 5.28 Å². The van der Waals surface area contributed by atoms with Gasteiger partial charge in [-0.05, 0) is 32.4 Å². The second kappa shape index (κ2) is 7.75. The first-order valence-electron chi connectivity index (χ1n) is 6.92. The molecule has 1 rings (SSSR count). The number of halogens is 1. The molecule has 0 aliphatic heterocycles. The fourth-order valence-electron chi connectivity index (χ4n) is 1.85. The Balaban J connectivity index is 3.16. The van der Waals surface area contributed by atoms with Crippen LogP contribution in [-0.4, -0.2) is 59.0 Å². The van der Waals surface area contributed by atoms with Gasteiger partial charge < -0.3 is 9.80 Å². The molecule has 0 unspecified atom stereocenters. The number of amides is 1. The van der Waals surface area contributed by atoms with E-state index in [0.717, 1.165) is 4.90 Å². The Morgan fingerprint density at radius 2 is 1.77 bits per heavy atom. The average Bonchev–Trinajstić information content (AvgIpc) is 2.48. The van der Waals surface area contributed by atoms with Gasteiger partial charge in [-0.2, -0.15) is 20.2 Å². The molecule has 0 saturated heterocycles. The van der Waals surface area contributed by atoms with Gasteiger partial charge in [0.05, 0.1) is 0 Å². The molecule has 1 heterocycles. The number of rotatable bonds is 6. The molecule has 0 spiro atoms. The zero-order valence-electron chi connectivity index (χ0n) is 13.4. The van der Waals surface area contributed by atoms with E-state index in [1.54, 1.807) is 30.8 Å². The van der Waals surface area contributed by atoms with Crippen LogP contribution in [0.3, 0.4) is 0 Å². The van der Waals surface area contributed by atoms with Crippen LogP contribution >= 0.6 is 11.6 Å². The summed E-state index contributed by atoms with van der Waals surface area (Å²) in [5.74, 6) is 0.200. The van der Waals surface area contributed by atoms with Crippen molar-refractivity contribution >= 4 is 29.4 Å². The number of anilines is 2. The second-order valence-electron chi connectivity index (χ2n) is 4.76. The van der Waals surface area contributed by atoms with Crippen molar-refractivity contribution in [2.24, 2.45) is 0 Å². The van der Waals surface area contributed by atoms with E-state index >= 15 is 0 Å². The van der Waals surface area contributed by atoms with Crippen molar-refractivity contribution in [3.05, 3.63) is 5.28 Å². The lowest BCUT2D eigenvalue weighted by atomic mass is 10.2. The zero-order valence-corrected chi connectivity index (χ0v) is 14.2. The molecule has 0 aromatic carbocycles. The van der Waals surface area contributed by atoms with Gasteiger partial charge in [0.2, 0.25) is 23.1 Å². The molecule has 120 valence electrons. The molecule has 0 saturated carbocycles. The molecule has 0 N–H and O–H groups in total. The molecule has 9 heteroatoms. The van der Waals surface area contributed by atoms with Gasteiger partial charge in [0.1, 0.15) is 6.04 Å². The number of nitrogens with zero attached hydrogens (tertiary/aromatic N) is 7. The van der Waals surface area contributed by atoms with Crippen molar-refractivity contribution in [3.63, 3.8) is 0 Å². The highest BCUT2D eigenvalue weighted by molar-refractivity contribution is 6.28. The highest BCUT2D eigenvalue weighted by atomic mass is 35.5. The molecule has 1 aromatic rings. The van der Waals surface area contributed by atoms with Gasteiger partial charge in [-0.1, -0.05) is 0 Å². The van der Waals surface area contributed by atoms with E-state index in [-0.39, 0.29) is 17.1 Å². The molecule has 1 amide bonds. The summed E-state index contributed by atoms with van der Waals surface area (Å²) in [4.78, 5) is 28.9. The van der Waals surface area contributed by atoms with Crippen LogP contribution in [0.15, 0.2) is 0 Å². The Morgan fingerprint density at radius 3 is 2.23 bits per heavy atom. The molecule has 0 fully saturated rings. The molecule has 0 aliphatic rings. The van der Waals surface area contributed by atoms with E-state index in [1.165, 1.54) is 0 Å². The minimum atomic E-state index is -0.724. The molecule has 0 aliphatic carbocycles. The summed E-state index contributed by atoms with van der Waals surface area (Å²) in [7, 11) is 3.49. The number of hydrogen-bond donors (Lipinski definition) is 0. The molecule has 0 radical (unpaired) electrons. The third-order valence-corrected chi connectivity index (χ3v) is 3.30. The second-order valence-corrected chi connectivity index (χ2v) is 5.09. The lowest BCUT2D eigenvalue weighted by molar-refractivity contribution is -0.131. The summed E-state index contributed by atoms with van der Waals surface area (Å²) in [6, 6.07) is -0.724. The average molecular weight is 326 g/mol. The standard InChI is InChI=1S/C13H20ClN7O/c1-6-20(7-2)10(22)9(3)21(8-15)13-17-11(14)16-12(18-13)19(4)5/h9H,6-7H2,1-5H3/t9-/m1/s1. The summed E-state index contributed by atoms with van der Waals surface area (Å²) in [6.45, 7) is 6.54. The minimum Gasteiger partial charge on any atom is -0.347 e. The summed E-state index contributed by atoms with van der Waals surface area (Å²) in [5, 5.41) is 9.36. The topological polar surface area (TPSA) is 89.2 Å². The Bertz CT molecular complexity index is 568. The lowest BCUT2D eigenvalue weighted by Gasteiger charge is -2.27. The summed E-state index contributed by atoms with van der Waals surface area (Å²) in [6.07, 6.45) is 1.95. The number of likely N-dealkylation sites (N-methyl/N-ethyl adjacent to an activating group) is 1. The molecular formula is C13H20ClN7O. The van der Waals surface area contributed by atoms with Crippen LogP contribution in [0.4, 0.5) is 11.9 Å². The maximum atomic E-state index is 12.4. The number of carbonyl (C=O) groups excluding carboxylic acids is 1. The maximum absolute atomic E-state index is 12.4. The van der Waals surface area contributed by atoms with Crippen LogP contribution in [0.5, 0.6) is 0 Å². The molecule has 8 nitrogen and oxygen atoms in total. The smallest absolute Gasteiger partial charge is 0.246 e. The Kier molecular flexibility index (Phi) is 6.31. The predicted octanol–water partition coefficient (Wildman–Crippen LogP) is 1.14. The van der Waals surface area contributed by atoms with Gasteiger partial charge in [0.25, 0.3) is 0 Å². The fraction of sp³-hybridized carbons (Fsp3) is 0.615. The monoisotopic (exact) mass is 325 g/mol. The maximum Gasteiger partial charge on any atom is 0.246 e. The van der Waals surface area contributed by atoms with E-state index in [1.807, 2.05) is 20.0 Å². The third-order valence-electron chi connectivity index (χ3n) is 3.13. The number of hydrogen-bond acceptors (Lipinski definition) is 7. The van der Waals surface area contributed by atoms with Crippen LogP contribution in [-0.2, 0) is 4.79 Å². The first kappa shape index (κ1) is 17.9. The van der Waals surface area contributed by atoms with Crippen LogP contribution in [0.1, 0.15) is 20.8 Å². The highest BCUT2D eigenvalue weighted by Gasteiger charge is 2.27. The van der Waals surface area contributed by atoms with Gasteiger partial charge in [0, 0.05) is 27.2 Å². The summed E-state index contributed by atoms with van der Waals surface area (Å²) < 4.78 is 0. The van der Waals surface area contributed by atoms with Gasteiger partial charge >= 0.3 is 0 Å². The Labute approximate surface area is 135 Å². The largest absolute Gasteiger partial charge is 0.347 e. The first-order chi connectivity index (χ1) is 10.3. The predicted molar refractivity (Wildman–Crippen MR) is 84.6 cm³/mol. The summed E-state index contributed by atoms with van der Waals surface area (Å²) >= 11 is 5.88. The summed E-state index contributed by atoms with van der Waals surface area (Å²) in [5.41, 5.74) is 0.